The molecule has 0 bridgehead atoms. The van der Waals surface area contributed by atoms with Gasteiger partial charge in [-0.1, -0.05) is 41.2 Å². The zero-order valence-corrected chi connectivity index (χ0v) is 10.9. The predicted molar refractivity (Wildman–Crippen MR) is 72.0 cm³/mol. The van der Waals surface area contributed by atoms with Crippen molar-refractivity contribution in [2.75, 3.05) is 19.0 Å². The smallest absolute Gasteiger partial charge is 0.186 e. The van der Waals surface area contributed by atoms with Gasteiger partial charge < -0.3 is 4.90 Å². The summed E-state index contributed by atoms with van der Waals surface area (Å²) in [5, 5.41) is 0.851. The fraction of sp³-hybridized carbons (Fsp3) is 0.231. The highest BCUT2D eigenvalue weighted by atomic mass is 32.1. The molecule has 3 nitrogen and oxygen atoms in total. The Morgan fingerprint density at radius 2 is 2.12 bits per heavy atom. The fourth-order valence-electron chi connectivity index (χ4n) is 1.58. The summed E-state index contributed by atoms with van der Waals surface area (Å²) in [4.78, 5) is 18.2. The molecule has 0 fully saturated rings. The maximum atomic E-state index is 11.0. The number of carbonyl (C=O) groups excluding carboxylic acids is 1. The molecule has 1 aromatic carbocycles. The van der Waals surface area contributed by atoms with Crippen LogP contribution in [0.2, 0.25) is 0 Å². The standard InChI is InChI=1S/C13H14N2OS/c1-9-5-4-6-10(7-9)12-11(8-16)14-13(17-12)15(2)3/h4-8H,1-3H3. The van der Waals surface area contributed by atoms with E-state index in [2.05, 4.69) is 11.1 Å². The van der Waals surface area contributed by atoms with E-state index in [1.165, 1.54) is 16.9 Å². The van der Waals surface area contributed by atoms with E-state index < -0.39 is 0 Å². The Morgan fingerprint density at radius 1 is 1.35 bits per heavy atom. The minimum atomic E-state index is 0.518. The van der Waals surface area contributed by atoms with Crippen molar-refractivity contribution < 1.29 is 4.79 Å². The Labute approximate surface area is 105 Å². The number of hydrogen-bond donors (Lipinski definition) is 0. The molecule has 0 spiro atoms. The number of aldehydes is 1. The van der Waals surface area contributed by atoms with E-state index in [0.717, 1.165) is 21.9 Å². The first kappa shape index (κ1) is 11.8. The van der Waals surface area contributed by atoms with Crippen LogP contribution in [0.1, 0.15) is 16.1 Å². The highest BCUT2D eigenvalue weighted by molar-refractivity contribution is 7.19. The van der Waals surface area contributed by atoms with Gasteiger partial charge in [-0.15, -0.1) is 0 Å². The number of rotatable bonds is 3. The molecule has 0 N–H and O–H groups in total. The molecule has 0 saturated heterocycles. The van der Waals surface area contributed by atoms with Crippen LogP contribution in [-0.2, 0) is 0 Å². The third-order valence-electron chi connectivity index (χ3n) is 2.42. The molecule has 0 unspecified atom stereocenters. The Hall–Kier alpha value is -1.68. The number of carbonyl (C=O) groups is 1. The van der Waals surface area contributed by atoms with Crippen LogP contribution in [0.15, 0.2) is 24.3 Å². The second-order valence-electron chi connectivity index (χ2n) is 4.09. The third-order valence-corrected chi connectivity index (χ3v) is 3.70. The van der Waals surface area contributed by atoms with Crippen molar-refractivity contribution in [3.63, 3.8) is 0 Å². The number of hydrogen-bond acceptors (Lipinski definition) is 4. The van der Waals surface area contributed by atoms with Crippen molar-refractivity contribution in [3.05, 3.63) is 35.5 Å². The number of aryl methyl sites for hydroxylation is 1. The summed E-state index contributed by atoms with van der Waals surface area (Å²) in [6.07, 6.45) is 0.821. The molecule has 0 aliphatic rings. The number of benzene rings is 1. The van der Waals surface area contributed by atoms with Crippen molar-refractivity contribution in [2.24, 2.45) is 0 Å². The lowest BCUT2D eigenvalue weighted by atomic mass is 10.1. The van der Waals surface area contributed by atoms with E-state index >= 15 is 0 Å². The lowest BCUT2D eigenvalue weighted by Gasteiger charge is -2.05. The molecule has 17 heavy (non-hydrogen) atoms. The third kappa shape index (κ3) is 2.36. The van der Waals surface area contributed by atoms with Crippen LogP contribution < -0.4 is 4.90 Å². The van der Waals surface area contributed by atoms with Crippen molar-refractivity contribution >= 4 is 22.8 Å². The fourth-order valence-corrected chi connectivity index (χ4v) is 2.54. The summed E-state index contributed by atoms with van der Waals surface area (Å²) < 4.78 is 0. The Bertz CT molecular complexity index is 546. The highest BCUT2D eigenvalue weighted by Gasteiger charge is 2.13. The first-order chi connectivity index (χ1) is 8.11. The summed E-state index contributed by atoms with van der Waals surface area (Å²) in [6, 6.07) is 8.11. The van der Waals surface area contributed by atoms with Gasteiger partial charge in [0.1, 0.15) is 5.69 Å². The van der Waals surface area contributed by atoms with Crippen LogP contribution in [0, 0.1) is 6.92 Å². The van der Waals surface area contributed by atoms with Crippen molar-refractivity contribution in [1.82, 2.24) is 4.98 Å². The molecule has 4 heteroatoms. The predicted octanol–water partition coefficient (Wildman–Crippen LogP) is 3.00. The quantitative estimate of drug-likeness (QED) is 0.781. The first-order valence-electron chi connectivity index (χ1n) is 5.32. The van der Waals surface area contributed by atoms with Crippen molar-refractivity contribution in [3.8, 4) is 10.4 Å². The lowest BCUT2D eigenvalue weighted by Crippen LogP contribution is -2.07. The van der Waals surface area contributed by atoms with E-state index in [9.17, 15) is 4.79 Å². The normalized spacial score (nSPS) is 10.3. The summed E-state index contributed by atoms with van der Waals surface area (Å²) in [7, 11) is 3.85. The van der Waals surface area contributed by atoms with Crippen LogP contribution in [0.25, 0.3) is 10.4 Å². The molecular formula is C13H14N2OS. The highest BCUT2D eigenvalue weighted by Crippen LogP contribution is 2.33. The van der Waals surface area contributed by atoms with Gasteiger partial charge in [0.2, 0.25) is 0 Å². The van der Waals surface area contributed by atoms with Gasteiger partial charge in [0.25, 0.3) is 0 Å². The minimum Gasteiger partial charge on any atom is -0.354 e. The van der Waals surface area contributed by atoms with Crippen LogP contribution in [0.5, 0.6) is 0 Å². The van der Waals surface area contributed by atoms with Gasteiger partial charge in [0, 0.05) is 14.1 Å². The summed E-state index contributed by atoms with van der Waals surface area (Å²) >= 11 is 1.54. The van der Waals surface area contributed by atoms with E-state index in [4.69, 9.17) is 0 Å². The van der Waals surface area contributed by atoms with Crippen LogP contribution in [0.4, 0.5) is 5.13 Å². The molecule has 2 aromatic rings. The van der Waals surface area contributed by atoms with Crippen molar-refractivity contribution in [2.45, 2.75) is 6.92 Å². The van der Waals surface area contributed by atoms with Gasteiger partial charge in [-0.25, -0.2) is 4.98 Å². The van der Waals surface area contributed by atoms with Gasteiger partial charge in [-0.3, -0.25) is 4.79 Å². The van der Waals surface area contributed by atoms with Gasteiger partial charge in [0.15, 0.2) is 11.4 Å². The molecule has 0 saturated carbocycles. The summed E-state index contributed by atoms with van der Waals surface area (Å²) in [6.45, 7) is 2.04. The van der Waals surface area contributed by atoms with E-state index in [-0.39, 0.29) is 0 Å². The second kappa shape index (κ2) is 4.67. The molecule has 1 heterocycles. The Balaban J connectivity index is 2.54. The minimum absolute atomic E-state index is 0.518. The maximum Gasteiger partial charge on any atom is 0.186 e. The van der Waals surface area contributed by atoms with Gasteiger partial charge in [0.05, 0.1) is 4.88 Å². The molecule has 0 amide bonds. The molecule has 2 rings (SSSR count). The van der Waals surface area contributed by atoms with E-state index in [1.807, 2.05) is 44.1 Å². The Morgan fingerprint density at radius 3 is 2.71 bits per heavy atom. The summed E-state index contributed by atoms with van der Waals surface area (Å²) in [5.74, 6) is 0. The topological polar surface area (TPSA) is 33.2 Å². The average Bonchev–Trinajstić information content (AvgIpc) is 2.73. The maximum absolute atomic E-state index is 11.0. The van der Waals surface area contributed by atoms with Crippen LogP contribution in [-0.4, -0.2) is 25.4 Å². The number of anilines is 1. The zero-order valence-electron chi connectivity index (χ0n) is 10.1. The van der Waals surface area contributed by atoms with Gasteiger partial charge >= 0.3 is 0 Å². The molecule has 0 aliphatic carbocycles. The molecule has 0 radical (unpaired) electrons. The monoisotopic (exact) mass is 246 g/mol. The van der Waals surface area contributed by atoms with Crippen LogP contribution in [0.3, 0.4) is 0 Å². The first-order valence-corrected chi connectivity index (χ1v) is 6.14. The zero-order chi connectivity index (χ0) is 12.4. The molecule has 88 valence electrons. The number of aromatic nitrogens is 1. The lowest BCUT2D eigenvalue weighted by molar-refractivity contribution is 0.112. The van der Waals surface area contributed by atoms with Gasteiger partial charge in [-0.05, 0) is 12.5 Å². The van der Waals surface area contributed by atoms with E-state index in [1.54, 1.807) is 0 Å². The summed E-state index contributed by atoms with van der Waals surface area (Å²) in [5.41, 5.74) is 2.75. The molecule has 1 aromatic heterocycles. The molecular weight excluding hydrogens is 232 g/mol. The SMILES string of the molecule is Cc1cccc(-c2sc(N(C)C)nc2C=O)c1. The van der Waals surface area contributed by atoms with Crippen molar-refractivity contribution in [1.29, 1.82) is 0 Å². The van der Waals surface area contributed by atoms with E-state index in [0.29, 0.717) is 5.69 Å². The average molecular weight is 246 g/mol. The number of thiazole rings is 1. The molecule has 0 atom stereocenters. The molecule has 0 aliphatic heterocycles. The largest absolute Gasteiger partial charge is 0.354 e. The Kier molecular flexibility index (Phi) is 3.24. The van der Waals surface area contributed by atoms with Crippen LogP contribution >= 0.6 is 11.3 Å². The van der Waals surface area contributed by atoms with Gasteiger partial charge in [-0.2, -0.15) is 0 Å². The number of nitrogens with zero attached hydrogens (tertiary/aromatic N) is 2. The second-order valence-corrected chi connectivity index (χ2v) is 5.07.